The lowest BCUT2D eigenvalue weighted by atomic mass is 10.0. The van der Waals surface area contributed by atoms with Gasteiger partial charge < -0.3 is 9.80 Å². The molecule has 3 rings (SSSR count). The van der Waals surface area contributed by atoms with Crippen LogP contribution in [0.2, 0.25) is 0 Å². The van der Waals surface area contributed by atoms with Crippen LogP contribution in [0.25, 0.3) is 0 Å². The van der Waals surface area contributed by atoms with Gasteiger partial charge in [-0.15, -0.1) is 0 Å². The van der Waals surface area contributed by atoms with Crippen LogP contribution in [0.4, 0.5) is 0 Å². The highest BCUT2D eigenvalue weighted by atomic mass is 32.1. The maximum atomic E-state index is 4.40. The summed E-state index contributed by atoms with van der Waals surface area (Å²) in [5, 5.41) is 2.06. The number of likely N-dealkylation sites (tertiary alicyclic amines) is 1. The second-order valence-electron chi connectivity index (χ2n) is 5.39. The Labute approximate surface area is 120 Å². The molecule has 0 amide bonds. The van der Waals surface area contributed by atoms with Crippen LogP contribution in [0.5, 0.6) is 0 Å². The summed E-state index contributed by atoms with van der Waals surface area (Å²) in [5.41, 5.74) is 1.21. The Kier molecular flexibility index (Phi) is 4.51. The molecule has 2 aliphatic heterocycles. The molecule has 4 heteroatoms. The highest BCUT2D eigenvalue weighted by Crippen LogP contribution is 2.18. The van der Waals surface area contributed by atoms with E-state index in [1.54, 1.807) is 11.5 Å². The van der Waals surface area contributed by atoms with Crippen molar-refractivity contribution >= 4 is 11.5 Å². The Morgan fingerprint density at radius 1 is 1.37 bits per heavy atom. The first-order valence-electron chi connectivity index (χ1n) is 7.29. The minimum atomic E-state index is 0.570. The zero-order chi connectivity index (χ0) is 12.9. The van der Waals surface area contributed by atoms with Crippen LogP contribution >= 0.6 is 11.5 Å². The van der Waals surface area contributed by atoms with Crippen molar-refractivity contribution in [3.63, 3.8) is 0 Å². The van der Waals surface area contributed by atoms with E-state index in [1.165, 1.54) is 51.1 Å². The van der Waals surface area contributed by atoms with Gasteiger partial charge in [0.1, 0.15) is 0 Å². The van der Waals surface area contributed by atoms with Crippen molar-refractivity contribution in [2.45, 2.75) is 31.7 Å². The fourth-order valence-electron chi connectivity index (χ4n) is 2.72. The van der Waals surface area contributed by atoms with Crippen LogP contribution in [-0.4, -0.2) is 46.4 Å². The molecule has 0 N–H and O–H groups in total. The van der Waals surface area contributed by atoms with Gasteiger partial charge in [-0.25, -0.2) is 0 Å². The molecular weight excluding hydrogens is 254 g/mol. The number of hydrogen-bond acceptors (Lipinski definition) is 4. The van der Waals surface area contributed by atoms with E-state index >= 15 is 0 Å². The Hall–Kier alpha value is -0.870. The van der Waals surface area contributed by atoms with Crippen LogP contribution in [0.1, 0.15) is 25.0 Å². The van der Waals surface area contributed by atoms with E-state index < -0.39 is 0 Å². The van der Waals surface area contributed by atoms with E-state index in [9.17, 15) is 0 Å². The Morgan fingerprint density at radius 2 is 2.32 bits per heavy atom. The minimum absolute atomic E-state index is 0.570. The average Bonchev–Trinajstić information content (AvgIpc) is 3.03. The molecule has 19 heavy (non-hydrogen) atoms. The van der Waals surface area contributed by atoms with Gasteiger partial charge in [0.05, 0.1) is 5.69 Å². The highest BCUT2D eigenvalue weighted by molar-refractivity contribution is 7.03. The van der Waals surface area contributed by atoms with Gasteiger partial charge in [-0.2, -0.15) is 4.37 Å². The van der Waals surface area contributed by atoms with Gasteiger partial charge in [0, 0.05) is 24.5 Å². The molecule has 0 saturated carbocycles. The summed E-state index contributed by atoms with van der Waals surface area (Å²) in [5.74, 6) is 0. The minimum Gasteiger partial charge on any atom is -0.374 e. The Bertz CT molecular complexity index is 398. The summed E-state index contributed by atoms with van der Waals surface area (Å²) in [7, 11) is 0. The molecule has 0 aliphatic carbocycles. The van der Waals surface area contributed by atoms with Crippen molar-refractivity contribution in [1.82, 2.24) is 14.2 Å². The highest BCUT2D eigenvalue weighted by Gasteiger charge is 2.21. The van der Waals surface area contributed by atoms with Gasteiger partial charge >= 0.3 is 0 Å². The average molecular weight is 276 g/mol. The summed E-state index contributed by atoms with van der Waals surface area (Å²) in [6, 6.07) is 2.70. The zero-order valence-corrected chi connectivity index (χ0v) is 12.2. The standard InChI is InChI=1S/C15H22N3S/c1-2-11-18(10-1)15(6-12-17-8-3-9-17)5-4-14-7-13-19-16-14/h1,5,7,10,13,15H,2-4,6,8-9,11-12H2. The smallest absolute Gasteiger partial charge is 0.0545 e. The predicted molar refractivity (Wildman–Crippen MR) is 80.0 cm³/mol. The van der Waals surface area contributed by atoms with Crippen LogP contribution < -0.4 is 0 Å². The number of aromatic nitrogens is 1. The molecule has 1 unspecified atom stereocenters. The van der Waals surface area contributed by atoms with Crippen molar-refractivity contribution in [2.24, 2.45) is 0 Å². The van der Waals surface area contributed by atoms with E-state index in [1.807, 2.05) is 0 Å². The van der Waals surface area contributed by atoms with Crippen LogP contribution in [0.3, 0.4) is 0 Å². The molecule has 103 valence electrons. The van der Waals surface area contributed by atoms with Crippen molar-refractivity contribution in [3.8, 4) is 0 Å². The third kappa shape index (κ3) is 3.57. The van der Waals surface area contributed by atoms with Gasteiger partial charge in [-0.1, -0.05) is 6.08 Å². The molecule has 1 radical (unpaired) electrons. The summed E-state index contributed by atoms with van der Waals surface area (Å²) >= 11 is 1.55. The topological polar surface area (TPSA) is 19.4 Å². The normalized spacial score (nSPS) is 20.7. The molecule has 2 aliphatic rings. The first kappa shape index (κ1) is 13.1. The molecule has 1 saturated heterocycles. The fraction of sp³-hybridized carbons (Fsp3) is 0.600. The second kappa shape index (κ2) is 6.53. The number of rotatable bonds is 7. The lowest BCUT2D eigenvalue weighted by Gasteiger charge is -2.34. The summed E-state index contributed by atoms with van der Waals surface area (Å²) < 4.78 is 4.40. The van der Waals surface area contributed by atoms with Gasteiger partial charge in [0.15, 0.2) is 0 Å². The third-order valence-electron chi connectivity index (χ3n) is 4.06. The van der Waals surface area contributed by atoms with E-state index in [0.717, 1.165) is 6.42 Å². The maximum absolute atomic E-state index is 4.40. The molecule has 1 atom stereocenters. The van der Waals surface area contributed by atoms with E-state index in [0.29, 0.717) is 6.04 Å². The van der Waals surface area contributed by atoms with Crippen LogP contribution in [-0.2, 0) is 6.42 Å². The van der Waals surface area contributed by atoms with Crippen molar-refractivity contribution < 1.29 is 0 Å². The Morgan fingerprint density at radius 3 is 2.95 bits per heavy atom. The predicted octanol–water partition coefficient (Wildman–Crippen LogP) is 2.57. The maximum Gasteiger partial charge on any atom is 0.0545 e. The van der Waals surface area contributed by atoms with Crippen molar-refractivity contribution in [3.05, 3.63) is 35.8 Å². The summed E-state index contributed by atoms with van der Waals surface area (Å²) in [4.78, 5) is 5.05. The fourth-order valence-corrected chi connectivity index (χ4v) is 3.27. The molecule has 0 bridgehead atoms. The van der Waals surface area contributed by atoms with Crippen molar-refractivity contribution in [1.29, 1.82) is 0 Å². The van der Waals surface area contributed by atoms with Gasteiger partial charge in [-0.05, 0) is 69.0 Å². The molecule has 0 aromatic carbocycles. The lowest BCUT2D eigenvalue weighted by Crippen LogP contribution is -2.41. The molecular formula is C15H22N3S. The monoisotopic (exact) mass is 276 g/mol. The summed E-state index contributed by atoms with van der Waals surface area (Å²) in [6.07, 6.45) is 11.8. The second-order valence-corrected chi connectivity index (χ2v) is 6.06. The molecule has 1 aromatic rings. The number of nitrogens with zero attached hydrogens (tertiary/aromatic N) is 3. The summed E-state index contributed by atoms with van der Waals surface area (Å²) in [6.45, 7) is 5.02. The quantitative estimate of drug-likeness (QED) is 0.763. The van der Waals surface area contributed by atoms with Crippen molar-refractivity contribution in [2.75, 3.05) is 26.2 Å². The van der Waals surface area contributed by atoms with E-state index in [4.69, 9.17) is 0 Å². The van der Waals surface area contributed by atoms with Crippen LogP contribution in [0.15, 0.2) is 23.7 Å². The van der Waals surface area contributed by atoms with Gasteiger partial charge in [-0.3, -0.25) is 0 Å². The number of hydrogen-bond donors (Lipinski definition) is 0. The largest absolute Gasteiger partial charge is 0.374 e. The molecule has 1 fully saturated rings. The third-order valence-corrected chi connectivity index (χ3v) is 4.65. The van der Waals surface area contributed by atoms with E-state index in [-0.39, 0.29) is 0 Å². The molecule has 3 nitrogen and oxygen atoms in total. The molecule has 1 aromatic heterocycles. The first-order chi connectivity index (χ1) is 9.42. The van der Waals surface area contributed by atoms with Crippen LogP contribution in [0, 0.1) is 6.42 Å². The van der Waals surface area contributed by atoms with Gasteiger partial charge in [0.25, 0.3) is 0 Å². The first-order valence-corrected chi connectivity index (χ1v) is 8.13. The van der Waals surface area contributed by atoms with Gasteiger partial charge in [0.2, 0.25) is 0 Å². The SMILES string of the molecule is [CH](Cc1ccsn1)C(CCN1CCC1)N1C=CCC1. The lowest BCUT2D eigenvalue weighted by molar-refractivity contribution is 0.162. The van der Waals surface area contributed by atoms with E-state index in [2.05, 4.69) is 44.3 Å². The zero-order valence-electron chi connectivity index (χ0n) is 11.4. The Balaban J connectivity index is 1.50. The molecule has 0 spiro atoms. The molecule has 3 heterocycles.